The maximum absolute atomic E-state index is 9.55. The van der Waals surface area contributed by atoms with Gasteiger partial charge >= 0.3 is 168 Å². The van der Waals surface area contributed by atoms with Crippen LogP contribution in [0.3, 0.4) is 0 Å². The van der Waals surface area contributed by atoms with Gasteiger partial charge in [-0.2, -0.15) is 0 Å². The van der Waals surface area contributed by atoms with E-state index in [0.717, 1.165) is 6.42 Å². The number of hydrogen-bond acceptors (Lipinski definition) is 5. The van der Waals surface area contributed by atoms with Crippen LogP contribution in [0, 0.1) is 0 Å². The van der Waals surface area contributed by atoms with E-state index < -0.39 is 11.9 Å². The zero-order valence-corrected chi connectivity index (χ0v) is 20.8. The van der Waals surface area contributed by atoms with Gasteiger partial charge in [0.25, 0.3) is 0 Å². The third-order valence-electron chi connectivity index (χ3n) is 5.53. The Morgan fingerprint density at radius 1 is 1.00 bits per heavy atom. The van der Waals surface area contributed by atoms with Crippen LogP contribution in [0.25, 0.3) is 0 Å². The van der Waals surface area contributed by atoms with E-state index >= 15 is 0 Å². The van der Waals surface area contributed by atoms with Crippen LogP contribution in [-0.2, 0) is 16.0 Å². The molecule has 2 aliphatic rings. The summed E-state index contributed by atoms with van der Waals surface area (Å²) in [6.45, 7) is 4.71. The van der Waals surface area contributed by atoms with Crippen molar-refractivity contribution in [1.82, 2.24) is 9.80 Å². The van der Waals surface area contributed by atoms with Gasteiger partial charge < -0.3 is 10.2 Å². The monoisotopic (exact) mass is 520 g/mol. The van der Waals surface area contributed by atoms with Crippen molar-refractivity contribution in [1.29, 1.82) is 0 Å². The van der Waals surface area contributed by atoms with E-state index in [9.17, 15) is 9.59 Å². The zero-order chi connectivity index (χ0) is 23.1. The van der Waals surface area contributed by atoms with Gasteiger partial charge in [0.05, 0.1) is 0 Å². The molecule has 2 aliphatic heterocycles. The molecule has 1 unspecified atom stereocenters. The minimum atomic E-state index is -1.26. The molecule has 32 heavy (non-hydrogen) atoms. The number of carboxylic acid groups (broad SMARTS) is 2. The Bertz CT molecular complexity index is 974. The predicted molar refractivity (Wildman–Crippen MR) is 128 cm³/mol. The van der Waals surface area contributed by atoms with Crippen molar-refractivity contribution in [2.24, 2.45) is 0 Å². The van der Waals surface area contributed by atoms with Gasteiger partial charge in [-0.05, 0) is 0 Å². The van der Waals surface area contributed by atoms with Crippen molar-refractivity contribution in [3.8, 4) is 0 Å². The molecule has 0 aliphatic carbocycles. The summed E-state index contributed by atoms with van der Waals surface area (Å²) in [5.41, 5.74) is 3.06. The molecule has 1 fully saturated rings. The normalized spacial score (nSPS) is 18.8. The fourth-order valence-corrected chi connectivity index (χ4v) is 5.87. The molecule has 0 radical (unpaired) electrons. The number of likely N-dealkylation sites (N-methyl/N-ethyl adjacent to an activating group) is 1. The molecule has 0 saturated carbocycles. The first-order valence-electron chi connectivity index (χ1n) is 10.4. The van der Waals surface area contributed by atoms with Crippen molar-refractivity contribution in [3.05, 3.63) is 65.7 Å². The van der Waals surface area contributed by atoms with E-state index in [4.69, 9.17) is 10.2 Å². The fraction of sp³-hybridized carbons (Fsp3) is 0.333. The molecule has 2 heterocycles. The van der Waals surface area contributed by atoms with Gasteiger partial charge in [0.1, 0.15) is 0 Å². The topological polar surface area (TPSA) is 81.1 Å². The summed E-state index contributed by atoms with van der Waals surface area (Å²) in [7, 11) is 2.24. The minimum absolute atomic E-state index is 0.521. The molecule has 6 nitrogen and oxygen atoms in total. The van der Waals surface area contributed by atoms with Crippen LogP contribution in [-0.4, -0.2) is 80.1 Å². The second-order valence-corrected chi connectivity index (χ2v) is 10.6. The van der Waals surface area contributed by atoms with E-state index in [1.54, 1.807) is 5.56 Å². The molecular formula is C24H28N2O4SSe. The van der Waals surface area contributed by atoms with Crippen LogP contribution in [0.2, 0.25) is 5.82 Å². The van der Waals surface area contributed by atoms with Crippen LogP contribution in [0.1, 0.15) is 17.2 Å². The van der Waals surface area contributed by atoms with Crippen molar-refractivity contribution in [2.75, 3.05) is 33.2 Å². The minimum Gasteiger partial charge on any atom is -0.478 e. The number of piperazine rings is 1. The SMILES string of the molecule is C[Se]c1ccc2c(c1)C(N1CCN(C)CC1)Cc1ccccc1S2.O=C(O)/C=C\C(=O)O. The molecule has 0 amide bonds. The Kier molecular flexibility index (Phi) is 8.96. The molecule has 2 aromatic rings. The number of fused-ring (bicyclic) bond motifs is 2. The molecule has 8 heteroatoms. The van der Waals surface area contributed by atoms with E-state index in [1.807, 2.05) is 11.8 Å². The van der Waals surface area contributed by atoms with Crippen LogP contribution in [0.15, 0.2) is 64.4 Å². The van der Waals surface area contributed by atoms with Crippen LogP contribution >= 0.6 is 11.8 Å². The van der Waals surface area contributed by atoms with Crippen LogP contribution < -0.4 is 4.46 Å². The molecular weight excluding hydrogens is 491 g/mol. The molecule has 1 atom stereocenters. The second-order valence-electron chi connectivity index (χ2n) is 7.68. The molecule has 4 rings (SSSR count). The average Bonchev–Trinajstić information content (AvgIpc) is 2.95. The second kappa shape index (κ2) is 11.7. The predicted octanol–water partition coefficient (Wildman–Crippen LogP) is 2.77. The Morgan fingerprint density at radius 2 is 1.66 bits per heavy atom. The Balaban J connectivity index is 0.000000312. The molecule has 0 spiro atoms. The molecule has 2 aromatic carbocycles. The van der Waals surface area contributed by atoms with E-state index in [1.165, 1.54) is 46.0 Å². The summed E-state index contributed by atoms with van der Waals surface area (Å²) in [4.78, 5) is 27.2. The summed E-state index contributed by atoms with van der Waals surface area (Å²) in [6, 6.07) is 16.7. The van der Waals surface area contributed by atoms with Gasteiger partial charge in [-0.15, -0.1) is 0 Å². The van der Waals surface area contributed by atoms with Gasteiger partial charge in [0.15, 0.2) is 0 Å². The van der Waals surface area contributed by atoms with Crippen molar-refractivity contribution in [3.63, 3.8) is 0 Å². The largest absolute Gasteiger partial charge is 0.478 e. The first kappa shape index (κ1) is 24.5. The standard InChI is InChI=1S/C20H24N2SSe.C4H4O4/c1-21-9-11-22(12-10-21)18-13-15-5-3-4-6-19(15)23-20-8-7-16(24-2)14-17(18)20;5-3(6)1-2-4(7)8/h3-8,14,18H,9-13H2,1-2H3;1-2H,(H,5,6)(H,7,8)/b;2-1-. The Labute approximate surface area is 199 Å². The van der Waals surface area contributed by atoms with Crippen molar-refractivity contribution >= 4 is 43.1 Å². The first-order valence-corrected chi connectivity index (χ1v) is 13.8. The zero-order valence-electron chi connectivity index (χ0n) is 18.2. The number of nitrogens with zero attached hydrogens (tertiary/aromatic N) is 2. The number of aliphatic carboxylic acids is 2. The first-order chi connectivity index (χ1) is 15.4. The molecule has 0 bridgehead atoms. The van der Waals surface area contributed by atoms with Crippen LogP contribution in [0.4, 0.5) is 0 Å². The van der Waals surface area contributed by atoms with Gasteiger partial charge in [-0.3, -0.25) is 0 Å². The number of hydrogen-bond donors (Lipinski definition) is 2. The summed E-state index contributed by atoms with van der Waals surface area (Å²) in [5.74, 6) is -0.196. The van der Waals surface area contributed by atoms with E-state index in [0.29, 0.717) is 33.2 Å². The average molecular weight is 520 g/mol. The quantitative estimate of drug-likeness (QED) is 0.475. The summed E-state index contributed by atoms with van der Waals surface area (Å²) < 4.78 is 1.52. The van der Waals surface area contributed by atoms with Gasteiger partial charge in [0.2, 0.25) is 0 Å². The number of carboxylic acids is 2. The number of rotatable bonds is 4. The number of benzene rings is 2. The maximum atomic E-state index is 9.55. The van der Waals surface area contributed by atoms with Gasteiger partial charge in [-0.25, -0.2) is 9.59 Å². The molecule has 2 N–H and O–H groups in total. The summed E-state index contributed by atoms with van der Waals surface area (Å²) >= 11 is 2.52. The van der Waals surface area contributed by atoms with Gasteiger partial charge in [0, 0.05) is 12.2 Å². The maximum Gasteiger partial charge on any atom is 0.328 e. The van der Waals surface area contributed by atoms with Crippen molar-refractivity contribution < 1.29 is 19.8 Å². The summed E-state index contributed by atoms with van der Waals surface area (Å²) in [6.07, 6.45) is 2.25. The summed E-state index contributed by atoms with van der Waals surface area (Å²) in [5, 5.41) is 15.6. The third-order valence-corrected chi connectivity index (χ3v) is 8.26. The Hall–Kier alpha value is -2.09. The molecule has 170 valence electrons. The third kappa shape index (κ3) is 6.70. The smallest absolute Gasteiger partial charge is 0.328 e. The van der Waals surface area contributed by atoms with E-state index in [-0.39, 0.29) is 0 Å². The molecule has 1 saturated heterocycles. The van der Waals surface area contributed by atoms with Crippen LogP contribution in [0.5, 0.6) is 0 Å². The van der Waals surface area contributed by atoms with E-state index in [2.05, 4.69) is 65.1 Å². The fourth-order valence-electron chi connectivity index (χ4n) is 3.82. The molecule has 0 aromatic heterocycles. The number of carbonyl (C=O) groups is 2. The Morgan fingerprint density at radius 3 is 2.28 bits per heavy atom. The van der Waals surface area contributed by atoms with Crippen molar-refractivity contribution in [2.45, 2.75) is 28.1 Å². The van der Waals surface area contributed by atoms with Gasteiger partial charge in [-0.1, -0.05) is 0 Å².